The number of hydrogen-bond acceptors (Lipinski definition) is 4. The van der Waals surface area contributed by atoms with Gasteiger partial charge in [-0.15, -0.1) is 0 Å². The average molecular weight is 174 g/mol. The van der Waals surface area contributed by atoms with Gasteiger partial charge in [0.15, 0.2) is 0 Å². The lowest BCUT2D eigenvalue weighted by Crippen LogP contribution is -2.32. The minimum atomic E-state index is 0.0694. The van der Waals surface area contributed by atoms with Crippen LogP contribution in [0.1, 0.15) is 0 Å². The van der Waals surface area contributed by atoms with E-state index in [9.17, 15) is 0 Å². The van der Waals surface area contributed by atoms with Gasteiger partial charge in [0.25, 0.3) is 0 Å². The first-order valence-corrected chi connectivity index (χ1v) is 4.15. The summed E-state index contributed by atoms with van der Waals surface area (Å²) in [6, 6.07) is 0. The Morgan fingerprint density at radius 3 is 1.67 bits per heavy atom. The Bertz CT molecular complexity index is 143. The maximum atomic E-state index is 5.51. The zero-order valence-electron chi connectivity index (χ0n) is 7.36. The van der Waals surface area contributed by atoms with Gasteiger partial charge in [-0.2, -0.15) is 0 Å². The van der Waals surface area contributed by atoms with Crippen molar-refractivity contribution < 1.29 is 18.9 Å². The first kappa shape index (κ1) is 8.44. The summed E-state index contributed by atoms with van der Waals surface area (Å²) in [5.74, 6) is 0. The summed E-state index contributed by atoms with van der Waals surface area (Å²) in [6.07, 6.45) is 0.296. The van der Waals surface area contributed by atoms with Crippen LogP contribution in [-0.4, -0.2) is 51.8 Å². The molecule has 4 heteroatoms. The number of hydrogen-bond donors (Lipinski definition) is 0. The predicted octanol–water partition coefficient (Wildman–Crippen LogP) is -0.186. The third-order valence-corrected chi connectivity index (χ3v) is 2.57. The van der Waals surface area contributed by atoms with Crippen LogP contribution in [0.15, 0.2) is 0 Å². The molecule has 0 bridgehead atoms. The molecule has 2 aliphatic rings. The van der Waals surface area contributed by atoms with Gasteiger partial charge in [-0.05, 0) is 0 Å². The summed E-state index contributed by atoms with van der Waals surface area (Å²) >= 11 is 0. The SMILES string of the molecule is CO[C@H]1CO[C@H]2[C@H]1OC[C@@H]2OC. The second-order valence-electron chi connectivity index (χ2n) is 3.14. The van der Waals surface area contributed by atoms with Crippen molar-refractivity contribution in [2.75, 3.05) is 27.4 Å². The monoisotopic (exact) mass is 174 g/mol. The van der Waals surface area contributed by atoms with E-state index >= 15 is 0 Å². The highest BCUT2D eigenvalue weighted by molar-refractivity contribution is 4.95. The Kier molecular flexibility index (Phi) is 2.32. The van der Waals surface area contributed by atoms with E-state index in [1.165, 1.54) is 0 Å². The molecule has 2 aliphatic heterocycles. The zero-order chi connectivity index (χ0) is 8.55. The molecule has 2 rings (SSSR count). The smallest absolute Gasteiger partial charge is 0.115 e. The molecule has 4 atom stereocenters. The minimum Gasteiger partial charge on any atom is -0.376 e. The Morgan fingerprint density at radius 2 is 1.33 bits per heavy atom. The van der Waals surface area contributed by atoms with E-state index < -0.39 is 0 Å². The van der Waals surface area contributed by atoms with Gasteiger partial charge in [0.05, 0.1) is 13.2 Å². The normalized spacial score (nSPS) is 46.5. The lowest BCUT2D eigenvalue weighted by Gasteiger charge is -2.14. The van der Waals surface area contributed by atoms with Crippen LogP contribution in [0.2, 0.25) is 0 Å². The fourth-order valence-corrected chi connectivity index (χ4v) is 1.83. The average Bonchev–Trinajstić information content (AvgIpc) is 2.62. The van der Waals surface area contributed by atoms with Gasteiger partial charge in [-0.1, -0.05) is 0 Å². The van der Waals surface area contributed by atoms with E-state index in [4.69, 9.17) is 18.9 Å². The molecule has 2 heterocycles. The van der Waals surface area contributed by atoms with Crippen LogP contribution in [0.5, 0.6) is 0 Å². The lowest BCUT2D eigenvalue weighted by atomic mass is 10.1. The molecule has 2 fully saturated rings. The van der Waals surface area contributed by atoms with Crippen LogP contribution in [0.4, 0.5) is 0 Å². The van der Waals surface area contributed by atoms with Crippen LogP contribution < -0.4 is 0 Å². The molecule has 2 saturated heterocycles. The molecule has 0 aliphatic carbocycles. The Balaban J connectivity index is 2.01. The molecule has 4 nitrogen and oxygen atoms in total. The highest BCUT2D eigenvalue weighted by Crippen LogP contribution is 2.29. The summed E-state index contributed by atoms with van der Waals surface area (Å²) in [7, 11) is 3.36. The first-order valence-electron chi connectivity index (χ1n) is 4.15. The van der Waals surface area contributed by atoms with Crippen LogP contribution in [0, 0.1) is 0 Å². The Labute approximate surface area is 71.7 Å². The van der Waals surface area contributed by atoms with Crippen LogP contribution in [0.25, 0.3) is 0 Å². The molecule has 0 aromatic heterocycles. The molecule has 0 unspecified atom stereocenters. The lowest BCUT2D eigenvalue weighted by molar-refractivity contribution is -0.0267. The maximum Gasteiger partial charge on any atom is 0.115 e. The Hall–Kier alpha value is -0.160. The number of methoxy groups -OCH3 is 2. The molecule has 0 saturated carbocycles. The van der Waals surface area contributed by atoms with E-state index in [0.717, 1.165) is 0 Å². The molecule has 0 aromatic carbocycles. The third-order valence-electron chi connectivity index (χ3n) is 2.57. The van der Waals surface area contributed by atoms with Crippen molar-refractivity contribution >= 4 is 0 Å². The van der Waals surface area contributed by atoms with Gasteiger partial charge in [0.2, 0.25) is 0 Å². The van der Waals surface area contributed by atoms with Crippen molar-refractivity contribution in [3.8, 4) is 0 Å². The van der Waals surface area contributed by atoms with E-state index in [1.54, 1.807) is 14.2 Å². The summed E-state index contributed by atoms with van der Waals surface area (Å²) in [5.41, 5.74) is 0. The van der Waals surface area contributed by atoms with Crippen molar-refractivity contribution in [2.45, 2.75) is 24.4 Å². The van der Waals surface area contributed by atoms with Gasteiger partial charge in [0, 0.05) is 14.2 Å². The van der Waals surface area contributed by atoms with Gasteiger partial charge in [0.1, 0.15) is 24.4 Å². The van der Waals surface area contributed by atoms with Gasteiger partial charge >= 0.3 is 0 Å². The third kappa shape index (κ3) is 1.15. The minimum absolute atomic E-state index is 0.0694. The van der Waals surface area contributed by atoms with Gasteiger partial charge in [-0.3, -0.25) is 0 Å². The second-order valence-corrected chi connectivity index (χ2v) is 3.14. The number of rotatable bonds is 2. The van der Waals surface area contributed by atoms with Crippen LogP contribution in [0.3, 0.4) is 0 Å². The highest BCUT2D eigenvalue weighted by Gasteiger charge is 2.48. The van der Waals surface area contributed by atoms with Crippen molar-refractivity contribution in [3.05, 3.63) is 0 Å². The van der Waals surface area contributed by atoms with Crippen molar-refractivity contribution in [3.63, 3.8) is 0 Å². The molecule has 0 N–H and O–H groups in total. The van der Waals surface area contributed by atoms with Crippen LogP contribution in [-0.2, 0) is 18.9 Å². The molecule has 0 amide bonds. The van der Waals surface area contributed by atoms with Crippen LogP contribution >= 0.6 is 0 Å². The molecule has 0 aromatic rings. The van der Waals surface area contributed by atoms with E-state index in [0.29, 0.717) is 13.2 Å². The van der Waals surface area contributed by atoms with Crippen molar-refractivity contribution in [1.29, 1.82) is 0 Å². The van der Waals surface area contributed by atoms with Gasteiger partial charge < -0.3 is 18.9 Å². The fraction of sp³-hybridized carbons (Fsp3) is 1.00. The number of ether oxygens (including phenoxy) is 4. The maximum absolute atomic E-state index is 5.51. The molecule has 70 valence electrons. The predicted molar refractivity (Wildman–Crippen MR) is 41.1 cm³/mol. The molecular formula is C8H14O4. The summed E-state index contributed by atoms with van der Waals surface area (Å²) in [4.78, 5) is 0. The fourth-order valence-electron chi connectivity index (χ4n) is 1.83. The van der Waals surface area contributed by atoms with E-state index in [1.807, 2.05) is 0 Å². The van der Waals surface area contributed by atoms with Crippen molar-refractivity contribution in [1.82, 2.24) is 0 Å². The molecule has 0 radical (unpaired) electrons. The second kappa shape index (κ2) is 3.30. The first-order chi connectivity index (χ1) is 5.86. The molecule has 0 spiro atoms. The zero-order valence-corrected chi connectivity index (χ0v) is 7.36. The molecule has 12 heavy (non-hydrogen) atoms. The highest BCUT2D eigenvalue weighted by atomic mass is 16.6. The largest absolute Gasteiger partial charge is 0.376 e. The van der Waals surface area contributed by atoms with Gasteiger partial charge in [-0.25, -0.2) is 0 Å². The molecular weight excluding hydrogens is 160 g/mol. The summed E-state index contributed by atoms with van der Waals surface area (Å²) in [5, 5.41) is 0. The summed E-state index contributed by atoms with van der Waals surface area (Å²) < 4.78 is 21.4. The van der Waals surface area contributed by atoms with Crippen molar-refractivity contribution in [2.24, 2.45) is 0 Å². The topological polar surface area (TPSA) is 36.9 Å². The quantitative estimate of drug-likeness (QED) is 0.581. The van der Waals surface area contributed by atoms with E-state index in [2.05, 4.69) is 0 Å². The summed E-state index contributed by atoms with van der Waals surface area (Å²) in [6.45, 7) is 1.23. The van der Waals surface area contributed by atoms with E-state index in [-0.39, 0.29) is 24.4 Å². The standard InChI is InChI=1S/C8H14O4/c1-9-5-3-11-8-6(10-2)4-12-7(5)8/h5-8H,3-4H2,1-2H3/t5-,6-,7-,8+/m0/s1. The Morgan fingerprint density at radius 1 is 0.917 bits per heavy atom. The number of fused-ring (bicyclic) bond motifs is 1.